The van der Waals surface area contributed by atoms with Gasteiger partial charge in [-0.25, -0.2) is 0 Å². The van der Waals surface area contributed by atoms with Gasteiger partial charge in [0.15, 0.2) is 0 Å². The zero-order chi connectivity index (χ0) is 28.9. The number of hydrogen-bond acceptors (Lipinski definition) is 0. The van der Waals surface area contributed by atoms with E-state index in [0.717, 1.165) is 0 Å². The fraction of sp³-hybridized carbons (Fsp3) is 0.238. The van der Waals surface area contributed by atoms with E-state index < -0.39 is 0 Å². The SMILES string of the molecule is CC(C)(C)c1cc2c(c3ccccc13)-c1cc3c(cc1C2(C)C)-c1c(cc2ccc4cccc5ccc1c2c45)C3(C)C. The molecule has 0 N–H and O–H groups in total. The Morgan fingerprint density at radius 1 is 0.452 bits per heavy atom. The minimum atomic E-state index is -0.0851. The molecule has 7 aromatic carbocycles. The molecule has 0 saturated carbocycles. The molecule has 0 heteroatoms. The molecule has 0 unspecified atom stereocenters. The lowest BCUT2D eigenvalue weighted by Crippen LogP contribution is -2.18. The van der Waals surface area contributed by atoms with Crippen molar-refractivity contribution in [1.82, 2.24) is 0 Å². The summed E-state index contributed by atoms with van der Waals surface area (Å²) < 4.78 is 0. The van der Waals surface area contributed by atoms with Crippen LogP contribution in [0.15, 0.2) is 91.0 Å². The third kappa shape index (κ3) is 2.79. The summed E-state index contributed by atoms with van der Waals surface area (Å²) >= 11 is 0. The number of hydrogen-bond donors (Lipinski definition) is 0. The summed E-state index contributed by atoms with van der Waals surface area (Å²) in [5.74, 6) is 0. The largest absolute Gasteiger partial charge is 0.0616 e. The molecular weight excluding hydrogens is 504 g/mol. The van der Waals surface area contributed by atoms with Crippen LogP contribution in [0, 0.1) is 0 Å². The number of fused-ring (bicyclic) bond motifs is 9. The lowest BCUT2D eigenvalue weighted by molar-refractivity contribution is 0.590. The predicted octanol–water partition coefficient (Wildman–Crippen LogP) is 11.6. The highest BCUT2D eigenvalue weighted by atomic mass is 14.5. The molecule has 0 saturated heterocycles. The highest BCUT2D eigenvalue weighted by Crippen LogP contribution is 2.59. The second-order valence-corrected chi connectivity index (χ2v) is 15.0. The molecular formula is C42H36. The Morgan fingerprint density at radius 2 is 1.00 bits per heavy atom. The van der Waals surface area contributed by atoms with Gasteiger partial charge in [0, 0.05) is 10.8 Å². The summed E-state index contributed by atoms with van der Waals surface area (Å²) in [6, 6.07) is 35.4. The van der Waals surface area contributed by atoms with Crippen LogP contribution in [0.25, 0.3) is 65.3 Å². The van der Waals surface area contributed by atoms with Crippen LogP contribution in [0.2, 0.25) is 0 Å². The molecule has 0 heterocycles. The van der Waals surface area contributed by atoms with Crippen molar-refractivity contribution in [2.75, 3.05) is 0 Å². The first kappa shape index (κ1) is 24.4. The Kier molecular flexibility index (Phi) is 4.32. The highest BCUT2D eigenvalue weighted by Gasteiger charge is 2.43. The smallest absolute Gasteiger partial charge is 0.0159 e. The van der Waals surface area contributed by atoms with Crippen molar-refractivity contribution < 1.29 is 0 Å². The van der Waals surface area contributed by atoms with Gasteiger partial charge in [0.25, 0.3) is 0 Å². The number of benzene rings is 7. The number of rotatable bonds is 0. The standard InChI is InChI=1S/C42H36/c1-40(2,3)31-22-35-38(27-14-9-8-13-26(27)31)29-20-33-30(21-32(29)42(35,6)7)39-28-18-17-24-12-10-11-23-15-16-25(37(28)36(23)24)19-34(39)41(33,4)5/h8-22H,1-7H3. The second-order valence-electron chi connectivity index (χ2n) is 15.0. The fourth-order valence-electron chi connectivity index (χ4n) is 8.71. The topological polar surface area (TPSA) is 0 Å². The molecule has 42 heavy (non-hydrogen) atoms. The average molecular weight is 541 g/mol. The van der Waals surface area contributed by atoms with Crippen molar-refractivity contribution in [3.63, 3.8) is 0 Å². The Hall–Kier alpha value is -4.16. The maximum absolute atomic E-state index is 2.58. The van der Waals surface area contributed by atoms with Crippen molar-refractivity contribution in [2.45, 2.75) is 64.7 Å². The van der Waals surface area contributed by atoms with Gasteiger partial charge in [0.2, 0.25) is 0 Å². The average Bonchev–Trinajstić information content (AvgIpc) is 3.33. The van der Waals surface area contributed by atoms with Crippen LogP contribution in [-0.2, 0) is 16.2 Å². The van der Waals surface area contributed by atoms with Gasteiger partial charge in [-0.15, -0.1) is 0 Å². The van der Waals surface area contributed by atoms with Crippen LogP contribution in [0.4, 0.5) is 0 Å². The lowest BCUT2D eigenvalue weighted by Gasteiger charge is -2.27. The molecule has 0 nitrogen and oxygen atoms in total. The maximum Gasteiger partial charge on any atom is 0.0159 e. The summed E-state index contributed by atoms with van der Waals surface area (Å²) in [6.45, 7) is 16.8. The van der Waals surface area contributed by atoms with Crippen molar-refractivity contribution in [3.8, 4) is 22.3 Å². The van der Waals surface area contributed by atoms with E-state index in [1.165, 1.54) is 93.2 Å². The monoisotopic (exact) mass is 540 g/mol. The van der Waals surface area contributed by atoms with Gasteiger partial charge in [-0.1, -0.05) is 121 Å². The molecule has 2 aliphatic rings. The quantitative estimate of drug-likeness (QED) is 0.168. The summed E-state index contributed by atoms with van der Waals surface area (Å²) in [7, 11) is 0. The van der Waals surface area contributed by atoms with Gasteiger partial charge in [0.1, 0.15) is 0 Å². The molecule has 0 fully saturated rings. The van der Waals surface area contributed by atoms with Crippen molar-refractivity contribution in [2.24, 2.45) is 0 Å². The van der Waals surface area contributed by atoms with E-state index in [9.17, 15) is 0 Å². The summed E-state index contributed by atoms with van der Waals surface area (Å²) in [4.78, 5) is 0. The van der Waals surface area contributed by atoms with Gasteiger partial charge in [0.05, 0.1) is 0 Å². The third-order valence-electron chi connectivity index (χ3n) is 10.9. The zero-order valence-corrected chi connectivity index (χ0v) is 25.7. The van der Waals surface area contributed by atoms with E-state index in [4.69, 9.17) is 0 Å². The molecule has 0 spiro atoms. The first-order valence-corrected chi connectivity index (χ1v) is 15.5. The van der Waals surface area contributed by atoms with Crippen molar-refractivity contribution in [3.05, 3.63) is 119 Å². The maximum atomic E-state index is 2.58. The molecule has 7 aromatic rings. The van der Waals surface area contributed by atoms with E-state index in [1.807, 2.05) is 0 Å². The molecule has 0 aromatic heterocycles. The van der Waals surface area contributed by atoms with Gasteiger partial charge in [-0.3, -0.25) is 0 Å². The molecule has 0 aliphatic heterocycles. The van der Waals surface area contributed by atoms with Crippen LogP contribution < -0.4 is 0 Å². The van der Waals surface area contributed by atoms with Gasteiger partial charge in [-0.2, -0.15) is 0 Å². The van der Waals surface area contributed by atoms with Gasteiger partial charge >= 0.3 is 0 Å². The molecule has 0 radical (unpaired) electrons. The Morgan fingerprint density at radius 3 is 1.64 bits per heavy atom. The van der Waals surface area contributed by atoms with E-state index in [0.29, 0.717) is 0 Å². The van der Waals surface area contributed by atoms with Crippen molar-refractivity contribution in [1.29, 1.82) is 0 Å². The van der Waals surface area contributed by atoms with E-state index >= 15 is 0 Å². The minimum absolute atomic E-state index is 0.0693. The summed E-state index contributed by atoms with van der Waals surface area (Å²) in [5, 5.41) is 11.0. The normalized spacial score (nSPS) is 16.4. The predicted molar refractivity (Wildman–Crippen MR) is 181 cm³/mol. The third-order valence-corrected chi connectivity index (χ3v) is 10.9. The lowest BCUT2D eigenvalue weighted by atomic mass is 9.76. The van der Waals surface area contributed by atoms with Crippen LogP contribution in [0.1, 0.15) is 76.3 Å². The fourth-order valence-corrected chi connectivity index (χ4v) is 8.71. The molecule has 204 valence electrons. The van der Waals surface area contributed by atoms with Crippen LogP contribution in [0.5, 0.6) is 0 Å². The molecule has 0 atom stereocenters. The molecule has 9 rings (SSSR count). The van der Waals surface area contributed by atoms with Gasteiger partial charge in [-0.05, 0) is 117 Å². The van der Waals surface area contributed by atoms with Gasteiger partial charge < -0.3 is 0 Å². The first-order chi connectivity index (χ1) is 20.0. The Balaban J connectivity index is 1.40. The van der Waals surface area contributed by atoms with Crippen LogP contribution >= 0.6 is 0 Å². The Bertz CT molecular complexity index is 2300. The first-order valence-electron chi connectivity index (χ1n) is 15.5. The van der Waals surface area contributed by atoms with Crippen molar-refractivity contribution >= 4 is 43.1 Å². The molecule has 0 amide bonds. The van der Waals surface area contributed by atoms with Crippen LogP contribution in [0.3, 0.4) is 0 Å². The van der Waals surface area contributed by atoms with Crippen LogP contribution in [-0.4, -0.2) is 0 Å². The second kappa shape index (κ2) is 7.42. The molecule has 0 bridgehead atoms. The highest BCUT2D eigenvalue weighted by molar-refractivity contribution is 6.26. The summed E-state index contributed by atoms with van der Waals surface area (Å²) in [5.41, 5.74) is 12.9. The van der Waals surface area contributed by atoms with E-state index in [1.54, 1.807) is 0 Å². The summed E-state index contributed by atoms with van der Waals surface area (Å²) in [6.07, 6.45) is 0. The van der Waals surface area contributed by atoms with E-state index in [-0.39, 0.29) is 16.2 Å². The van der Waals surface area contributed by atoms with E-state index in [2.05, 4.69) is 139 Å². The Labute approximate surface area is 248 Å². The molecule has 2 aliphatic carbocycles. The minimum Gasteiger partial charge on any atom is -0.0616 e. The zero-order valence-electron chi connectivity index (χ0n) is 25.7.